The Morgan fingerprint density at radius 2 is 1.62 bits per heavy atom. The Bertz CT molecular complexity index is 1090. The van der Waals surface area contributed by atoms with Gasteiger partial charge in [-0.1, -0.05) is 52.3 Å². The molecule has 0 aliphatic heterocycles. The van der Waals surface area contributed by atoms with Crippen LogP contribution in [0.4, 0.5) is 11.4 Å². The van der Waals surface area contributed by atoms with E-state index in [1.807, 2.05) is 6.07 Å². The van der Waals surface area contributed by atoms with E-state index < -0.39 is 22.5 Å². The van der Waals surface area contributed by atoms with Gasteiger partial charge in [-0.2, -0.15) is 0 Å². The van der Waals surface area contributed by atoms with E-state index in [0.29, 0.717) is 15.8 Å². The van der Waals surface area contributed by atoms with Crippen molar-refractivity contribution in [3.63, 3.8) is 0 Å². The van der Waals surface area contributed by atoms with Crippen molar-refractivity contribution in [2.75, 3.05) is 23.3 Å². The Hall–Kier alpha value is -2.84. The highest BCUT2D eigenvalue weighted by Crippen LogP contribution is 2.32. The molecule has 3 rings (SSSR count). The van der Waals surface area contributed by atoms with Gasteiger partial charge in [-0.3, -0.25) is 9.10 Å². The first-order valence-corrected chi connectivity index (χ1v) is 10.9. The van der Waals surface area contributed by atoms with Gasteiger partial charge < -0.3 is 10.1 Å². The second-order valence-electron chi connectivity index (χ2n) is 6.06. The van der Waals surface area contributed by atoms with Gasteiger partial charge in [0.15, 0.2) is 0 Å². The van der Waals surface area contributed by atoms with Crippen LogP contribution < -0.4 is 14.4 Å². The van der Waals surface area contributed by atoms with Gasteiger partial charge in [-0.05, 0) is 42.5 Å². The molecule has 0 heterocycles. The summed E-state index contributed by atoms with van der Waals surface area (Å²) < 4.78 is 33.9. The molecular weight excluding hydrogens is 456 g/mol. The number of ether oxygens (including phenoxy) is 1. The van der Waals surface area contributed by atoms with Gasteiger partial charge in [-0.25, -0.2) is 8.42 Å². The minimum Gasteiger partial charge on any atom is -0.495 e. The van der Waals surface area contributed by atoms with Crippen LogP contribution in [0.3, 0.4) is 0 Å². The molecule has 0 atom stereocenters. The van der Waals surface area contributed by atoms with Crippen molar-refractivity contribution in [3.05, 3.63) is 83.3 Å². The van der Waals surface area contributed by atoms with Crippen LogP contribution in [0.1, 0.15) is 0 Å². The third-order valence-electron chi connectivity index (χ3n) is 4.08. The number of amides is 1. The summed E-state index contributed by atoms with van der Waals surface area (Å²) in [7, 11) is -2.69. The summed E-state index contributed by atoms with van der Waals surface area (Å²) in [5.74, 6) is -0.268. The number of nitrogens with one attached hydrogen (secondary N) is 1. The molecule has 0 aromatic heterocycles. The number of carbonyl (C=O) groups excluding carboxylic acids is 1. The van der Waals surface area contributed by atoms with Crippen molar-refractivity contribution >= 4 is 43.2 Å². The lowest BCUT2D eigenvalue weighted by Crippen LogP contribution is -2.38. The molecule has 0 bridgehead atoms. The second kappa shape index (κ2) is 9.11. The summed E-state index contributed by atoms with van der Waals surface area (Å²) in [6.07, 6.45) is 0. The standard InChI is InChI=1S/C21H19BrN2O4S/c1-28-19-13-12-16(22)14-20(19)29(26,27)24(18-10-6-3-7-11-18)15-21(25)23-17-8-4-2-5-9-17/h2-14H,15H2,1H3,(H,23,25). The van der Waals surface area contributed by atoms with Crippen LogP contribution in [0.15, 0.2) is 88.2 Å². The van der Waals surface area contributed by atoms with E-state index in [4.69, 9.17) is 4.74 Å². The van der Waals surface area contributed by atoms with Crippen LogP contribution >= 0.6 is 15.9 Å². The quantitative estimate of drug-likeness (QED) is 0.553. The normalized spacial score (nSPS) is 11.0. The van der Waals surface area contributed by atoms with Crippen molar-refractivity contribution in [2.45, 2.75) is 4.90 Å². The summed E-state index contributed by atoms with van der Waals surface area (Å²) in [4.78, 5) is 12.6. The van der Waals surface area contributed by atoms with Crippen molar-refractivity contribution in [1.29, 1.82) is 0 Å². The molecule has 0 fully saturated rings. The minimum absolute atomic E-state index is 0.0364. The summed E-state index contributed by atoms with van der Waals surface area (Å²) in [6.45, 7) is -0.392. The maximum absolute atomic E-state index is 13.5. The molecular formula is C21H19BrN2O4S. The highest BCUT2D eigenvalue weighted by Gasteiger charge is 2.30. The number of methoxy groups -OCH3 is 1. The molecule has 0 spiro atoms. The van der Waals surface area contributed by atoms with Gasteiger partial charge in [0.25, 0.3) is 10.0 Å². The highest BCUT2D eigenvalue weighted by molar-refractivity contribution is 9.10. The van der Waals surface area contributed by atoms with Gasteiger partial charge in [0.2, 0.25) is 5.91 Å². The van der Waals surface area contributed by atoms with E-state index in [1.165, 1.54) is 13.2 Å². The van der Waals surface area contributed by atoms with E-state index in [0.717, 1.165) is 4.31 Å². The molecule has 0 saturated heterocycles. The molecule has 0 aliphatic carbocycles. The Kier molecular flexibility index (Phi) is 6.56. The van der Waals surface area contributed by atoms with Crippen molar-refractivity contribution in [3.8, 4) is 5.75 Å². The monoisotopic (exact) mass is 474 g/mol. The third-order valence-corrected chi connectivity index (χ3v) is 6.37. The maximum Gasteiger partial charge on any atom is 0.268 e. The van der Waals surface area contributed by atoms with Gasteiger partial charge >= 0.3 is 0 Å². The first-order chi connectivity index (χ1) is 13.9. The van der Waals surface area contributed by atoms with E-state index in [-0.39, 0.29) is 10.6 Å². The number of nitrogens with zero attached hydrogens (tertiary/aromatic N) is 1. The van der Waals surface area contributed by atoms with Crippen LogP contribution in [-0.2, 0) is 14.8 Å². The van der Waals surface area contributed by atoms with Crippen molar-refractivity contribution in [1.82, 2.24) is 0 Å². The van der Waals surface area contributed by atoms with E-state index >= 15 is 0 Å². The smallest absolute Gasteiger partial charge is 0.268 e. The van der Waals surface area contributed by atoms with Gasteiger partial charge in [0.1, 0.15) is 17.2 Å². The van der Waals surface area contributed by atoms with Gasteiger partial charge in [0, 0.05) is 10.2 Å². The lowest BCUT2D eigenvalue weighted by molar-refractivity contribution is -0.114. The van der Waals surface area contributed by atoms with E-state index in [1.54, 1.807) is 66.7 Å². The largest absolute Gasteiger partial charge is 0.495 e. The lowest BCUT2D eigenvalue weighted by Gasteiger charge is -2.25. The maximum atomic E-state index is 13.5. The summed E-state index contributed by atoms with van der Waals surface area (Å²) in [6, 6.07) is 22.0. The van der Waals surface area contributed by atoms with Crippen molar-refractivity contribution in [2.24, 2.45) is 0 Å². The van der Waals surface area contributed by atoms with Gasteiger partial charge in [0.05, 0.1) is 12.8 Å². The molecule has 0 radical (unpaired) electrons. The van der Waals surface area contributed by atoms with Crippen LogP contribution in [0.5, 0.6) is 5.75 Å². The molecule has 8 heteroatoms. The lowest BCUT2D eigenvalue weighted by atomic mass is 10.3. The molecule has 29 heavy (non-hydrogen) atoms. The molecule has 1 amide bonds. The predicted molar refractivity (Wildman–Crippen MR) is 117 cm³/mol. The van der Waals surface area contributed by atoms with Gasteiger partial charge in [-0.15, -0.1) is 0 Å². The third kappa shape index (κ3) is 4.96. The van der Waals surface area contributed by atoms with Crippen LogP contribution in [-0.4, -0.2) is 28.0 Å². The van der Waals surface area contributed by atoms with E-state index in [2.05, 4.69) is 21.2 Å². The number of halogens is 1. The summed E-state index contributed by atoms with van der Waals surface area (Å²) in [5.41, 5.74) is 0.959. The number of para-hydroxylation sites is 2. The zero-order chi connectivity index (χ0) is 20.9. The Labute approximate surface area is 178 Å². The Morgan fingerprint density at radius 3 is 2.24 bits per heavy atom. The fourth-order valence-electron chi connectivity index (χ4n) is 2.73. The number of benzene rings is 3. The number of rotatable bonds is 7. The fraction of sp³-hybridized carbons (Fsp3) is 0.0952. The highest BCUT2D eigenvalue weighted by atomic mass is 79.9. The first kappa shape index (κ1) is 20.9. The number of anilines is 2. The molecule has 3 aromatic carbocycles. The van der Waals surface area contributed by atoms with Crippen LogP contribution in [0, 0.1) is 0 Å². The Morgan fingerprint density at radius 1 is 1.00 bits per heavy atom. The number of sulfonamides is 1. The summed E-state index contributed by atoms with van der Waals surface area (Å²) in [5, 5.41) is 2.72. The summed E-state index contributed by atoms with van der Waals surface area (Å²) >= 11 is 3.30. The Balaban J connectivity index is 2.00. The van der Waals surface area contributed by atoms with Crippen molar-refractivity contribution < 1.29 is 17.9 Å². The van der Waals surface area contributed by atoms with E-state index in [9.17, 15) is 13.2 Å². The van der Waals surface area contributed by atoms with Crippen LogP contribution in [0.25, 0.3) is 0 Å². The second-order valence-corrected chi connectivity index (χ2v) is 8.80. The zero-order valence-electron chi connectivity index (χ0n) is 15.6. The molecule has 6 nitrogen and oxygen atoms in total. The average Bonchev–Trinajstić information content (AvgIpc) is 2.73. The molecule has 150 valence electrons. The number of carbonyl (C=O) groups is 1. The number of hydrogen-bond acceptors (Lipinski definition) is 4. The average molecular weight is 475 g/mol. The molecule has 3 aromatic rings. The first-order valence-electron chi connectivity index (χ1n) is 8.68. The zero-order valence-corrected chi connectivity index (χ0v) is 18.0. The molecule has 1 N–H and O–H groups in total. The molecule has 0 unspecified atom stereocenters. The van der Waals surface area contributed by atoms with Crippen LogP contribution in [0.2, 0.25) is 0 Å². The SMILES string of the molecule is COc1ccc(Br)cc1S(=O)(=O)N(CC(=O)Nc1ccccc1)c1ccccc1. The fourth-order valence-corrected chi connectivity index (χ4v) is 4.85. The minimum atomic E-state index is -4.09. The topological polar surface area (TPSA) is 75.7 Å². The molecule has 0 saturated carbocycles. The molecule has 0 aliphatic rings. The predicted octanol–water partition coefficient (Wildman–Crippen LogP) is 4.29. The number of hydrogen-bond donors (Lipinski definition) is 1.